The van der Waals surface area contributed by atoms with Gasteiger partial charge in [0, 0.05) is 48.9 Å². The van der Waals surface area contributed by atoms with E-state index in [4.69, 9.17) is 7.48 Å². The number of piperidine rings is 1. The van der Waals surface area contributed by atoms with Gasteiger partial charge in [0.05, 0.1) is 14.5 Å². The van der Waals surface area contributed by atoms with Gasteiger partial charge in [-0.25, -0.2) is 4.68 Å². The van der Waals surface area contributed by atoms with Crippen LogP contribution in [-0.4, -0.2) is 53.2 Å². The van der Waals surface area contributed by atoms with Crippen LogP contribution in [-0.2, 0) is 4.79 Å². The van der Waals surface area contributed by atoms with Gasteiger partial charge in [0.2, 0.25) is 5.91 Å². The summed E-state index contributed by atoms with van der Waals surface area (Å²) in [5, 5.41) is 7.27. The van der Waals surface area contributed by atoms with Gasteiger partial charge in [-0.3, -0.25) is 14.4 Å². The molecule has 2 aliphatic heterocycles. The van der Waals surface area contributed by atoms with Crippen molar-refractivity contribution in [1.29, 1.82) is 0 Å². The molecule has 0 bridgehead atoms. The van der Waals surface area contributed by atoms with Crippen molar-refractivity contribution in [2.24, 2.45) is 0 Å². The Balaban J connectivity index is 1.66. The maximum atomic E-state index is 14.5. The van der Waals surface area contributed by atoms with E-state index in [1.54, 1.807) is 4.90 Å². The van der Waals surface area contributed by atoms with Gasteiger partial charge in [-0.15, -0.1) is 0 Å². The number of benzene rings is 2. The molecule has 2 atom stereocenters. The standard InChI is InChI=1S/C33H41N5O4/c1-18(2)42-27-15-14-26(22(6)23(27)7)38-31-29(30(35-38)32(40)34-8)20(4)17-36(33(31)41)25-13-12-24(16-19(25)3)37-21(5)10-9-11-28(37)39/h12-16,18,20-21H,9-11,17H2,1-8H3,(H,34,40)/i14D,15D. The summed E-state index contributed by atoms with van der Waals surface area (Å²) < 4.78 is 25.0. The first-order valence-electron chi connectivity index (χ1n) is 15.6. The number of nitrogens with one attached hydrogen (secondary N) is 1. The zero-order valence-corrected chi connectivity index (χ0v) is 25.7. The lowest BCUT2D eigenvalue weighted by atomic mass is 9.92. The number of fused-ring (bicyclic) bond motifs is 1. The fourth-order valence-corrected chi connectivity index (χ4v) is 6.09. The van der Waals surface area contributed by atoms with Gasteiger partial charge in [0.25, 0.3) is 11.8 Å². The molecule has 1 N–H and O–H groups in total. The average Bonchev–Trinajstić information content (AvgIpc) is 3.37. The molecule has 3 amide bonds. The van der Waals surface area contributed by atoms with Gasteiger partial charge in [-0.2, -0.15) is 5.10 Å². The Hall–Kier alpha value is -4.14. The molecule has 1 fully saturated rings. The van der Waals surface area contributed by atoms with Crippen LogP contribution in [0.5, 0.6) is 5.75 Å². The zero-order chi connectivity index (χ0) is 32.2. The van der Waals surface area contributed by atoms with Crippen LogP contribution in [0.3, 0.4) is 0 Å². The minimum Gasteiger partial charge on any atom is -0.491 e. The average molecular weight is 574 g/mol. The van der Waals surface area contributed by atoms with Crippen LogP contribution in [0.4, 0.5) is 11.4 Å². The number of aryl methyl sites for hydroxylation is 1. The molecule has 42 heavy (non-hydrogen) atoms. The van der Waals surface area contributed by atoms with Crippen molar-refractivity contribution in [1.82, 2.24) is 15.1 Å². The molecule has 3 heterocycles. The summed E-state index contributed by atoms with van der Waals surface area (Å²) in [6, 6.07) is 5.56. The SMILES string of the molecule is [2H]c1c([2H])c(-n2nc(C(=O)NC)c3c2C(=O)N(c2ccc(N4C(=O)CCCC4C)cc2C)CC3C)c(C)c(C)c1OC(C)C. The zero-order valence-electron chi connectivity index (χ0n) is 27.7. The van der Waals surface area contributed by atoms with E-state index in [-0.39, 0.29) is 59.0 Å². The lowest BCUT2D eigenvalue weighted by molar-refractivity contribution is -0.120. The molecule has 2 aromatic carbocycles. The number of ether oxygens (including phenoxy) is 1. The summed E-state index contributed by atoms with van der Waals surface area (Å²) >= 11 is 0. The molecule has 2 unspecified atom stereocenters. The number of aromatic nitrogens is 2. The molecular weight excluding hydrogens is 530 g/mol. The summed E-state index contributed by atoms with van der Waals surface area (Å²) in [6.45, 7) is 13.6. The van der Waals surface area contributed by atoms with Crippen LogP contribution in [0.2, 0.25) is 0 Å². The first kappa shape index (κ1) is 26.7. The molecular formula is C33H41N5O4. The lowest BCUT2D eigenvalue weighted by Crippen LogP contribution is -2.42. The Morgan fingerprint density at radius 1 is 1.12 bits per heavy atom. The highest BCUT2D eigenvalue weighted by Crippen LogP contribution is 2.39. The van der Waals surface area contributed by atoms with Gasteiger partial charge >= 0.3 is 0 Å². The molecule has 2 aliphatic rings. The third-order valence-corrected chi connectivity index (χ3v) is 8.35. The largest absolute Gasteiger partial charge is 0.491 e. The van der Waals surface area contributed by atoms with E-state index in [9.17, 15) is 14.4 Å². The van der Waals surface area contributed by atoms with Crippen molar-refractivity contribution >= 4 is 29.1 Å². The highest BCUT2D eigenvalue weighted by molar-refractivity contribution is 6.10. The van der Waals surface area contributed by atoms with Crippen molar-refractivity contribution in [3.63, 3.8) is 0 Å². The van der Waals surface area contributed by atoms with Crippen LogP contribution >= 0.6 is 0 Å². The number of hydrogen-bond donors (Lipinski definition) is 1. The molecule has 1 saturated heterocycles. The Kier molecular flexibility index (Phi) is 7.17. The number of rotatable bonds is 6. The Labute approximate surface area is 250 Å². The number of hydrogen-bond acceptors (Lipinski definition) is 5. The molecule has 1 aromatic heterocycles. The van der Waals surface area contributed by atoms with Gasteiger partial charge in [0.1, 0.15) is 11.4 Å². The molecule has 0 radical (unpaired) electrons. The summed E-state index contributed by atoms with van der Waals surface area (Å²) in [7, 11) is 1.51. The summed E-state index contributed by atoms with van der Waals surface area (Å²) in [5.41, 5.74) is 4.74. The molecule has 0 saturated carbocycles. The maximum absolute atomic E-state index is 14.5. The van der Waals surface area contributed by atoms with E-state index in [2.05, 4.69) is 17.3 Å². The van der Waals surface area contributed by atoms with Crippen molar-refractivity contribution in [3.05, 3.63) is 63.9 Å². The van der Waals surface area contributed by atoms with Crippen molar-refractivity contribution in [2.75, 3.05) is 23.4 Å². The maximum Gasteiger partial charge on any atom is 0.277 e. The molecule has 9 nitrogen and oxygen atoms in total. The van der Waals surface area contributed by atoms with Gasteiger partial charge in [-0.05, 0) is 101 Å². The molecule has 5 rings (SSSR count). The van der Waals surface area contributed by atoms with Gasteiger partial charge in [0.15, 0.2) is 5.69 Å². The fraction of sp³-hybridized carbons (Fsp3) is 0.455. The molecule has 222 valence electrons. The number of amides is 3. The number of anilines is 2. The van der Waals surface area contributed by atoms with Crippen molar-refractivity contribution < 1.29 is 21.9 Å². The predicted octanol–water partition coefficient (Wildman–Crippen LogP) is 5.61. The van der Waals surface area contributed by atoms with E-state index >= 15 is 0 Å². The van der Waals surface area contributed by atoms with Gasteiger partial charge < -0.3 is 19.9 Å². The van der Waals surface area contributed by atoms with Crippen LogP contribution < -0.4 is 19.9 Å². The quantitative estimate of drug-likeness (QED) is 0.413. The molecule has 9 heteroatoms. The molecule has 3 aromatic rings. The van der Waals surface area contributed by atoms with Crippen LogP contribution in [0.25, 0.3) is 5.69 Å². The third-order valence-electron chi connectivity index (χ3n) is 8.35. The highest BCUT2D eigenvalue weighted by Gasteiger charge is 2.39. The van der Waals surface area contributed by atoms with E-state index in [0.29, 0.717) is 41.1 Å². The van der Waals surface area contributed by atoms with Gasteiger partial charge in [-0.1, -0.05) is 6.92 Å². The second-order valence-corrected chi connectivity index (χ2v) is 11.7. The van der Waals surface area contributed by atoms with Crippen LogP contribution in [0.1, 0.15) is 98.8 Å². The van der Waals surface area contributed by atoms with E-state index in [1.165, 1.54) is 11.7 Å². The smallest absolute Gasteiger partial charge is 0.277 e. The lowest BCUT2D eigenvalue weighted by Gasteiger charge is -2.35. The second kappa shape index (κ2) is 11.3. The van der Waals surface area contributed by atoms with Crippen molar-refractivity contribution in [2.45, 2.75) is 85.8 Å². The number of carbonyl (C=O) groups is 3. The highest BCUT2D eigenvalue weighted by atomic mass is 16.5. The minimum atomic E-state index is -0.430. The first-order chi connectivity index (χ1) is 20.8. The second-order valence-electron chi connectivity index (χ2n) is 11.7. The Bertz CT molecular complexity index is 1650. The molecule has 0 spiro atoms. The number of nitrogens with zero attached hydrogens (tertiary/aromatic N) is 4. The molecule has 0 aliphatic carbocycles. The monoisotopic (exact) mass is 573 g/mol. The van der Waals surface area contributed by atoms with E-state index in [0.717, 1.165) is 24.1 Å². The fourth-order valence-electron chi connectivity index (χ4n) is 6.09. The van der Waals surface area contributed by atoms with E-state index in [1.807, 2.05) is 64.6 Å². The summed E-state index contributed by atoms with van der Waals surface area (Å²) in [6.07, 6.45) is 2.16. The summed E-state index contributed by atoms with van der Waals surface area (Å²) in [5.74, 6) is -0.632. The first-order valence-corrected chi connectivity index (χ1v) is 14.6. The van der Waals surface area contributed by atoms with Crippen LogP contribution in [0.15, 0.2) is 30.3 Å². The Morgan fingerprint density at radius 3 is 2.50 bits per heavy atom. The minimum absolute atomic E-state index is 0.100. The normalized spacial score (nSPS) is 19.5. The Morgan fingerprint density at radius 2 is 1.86 bits per heavy atom. The van der Waals surface area contributed by atoms with Crippen molar-refractivity contribution in [3.8, 4) is 11.4 Å². The predicted molar refractivity (Wildman–Crippen MR) is 164 cm³/mol. The topological polar surface area (TPSA) is 96.8 Å². The third kappa shape index (κ3) is 4.95. The van der Waals surface area contributed by atoms with E-state index < -0.39 is 5.91 Å². The van der Waals surface area contributed by atoms with Crippen LogP contribution in [0, 0.1) is 20.8 Å². The summed E-state index contributed by atoms with van der Waals surface area (Å²) in [4.78, 5) is 43.8. The number of carbonyl (C=O) groups excluding carboxylic acids is 3.